The molecule has 2 aromatic rings. The highest BCUT2D eigenvalue weighted by Crippen LogP contribution is 2.13. The summed E-state index contributed by atoms with van der Waals surface area (Å²) in [6, 6.07) is 5.25. The van der Waals surface area contributed by atoms with E-state index in [-0.39, 0.29) is 5.43 Å². The van der Waals surface area contributed by atoms with Crippen LogP contribution in [0.5, 0.6) is 0 Å². The van der Waals surface area contributed by atoms with E-state index in [1.807, 2.05) is 12.1 Å². The Labute approximate surface area is 81.8 Å². The smallest absolute Gasteiger partial charge is 0.191 e. The van der Waals surface area contributed by atoms with Gasteiger partial charge in [-0.3, -0.25) is 4.79 Å². The summed E-state index contributed by atoms with van der Waals surface area (Å²) < 4.78 is 0. The summed E-state index contributed by atoms with van der Waals surface area (Å²) in [6.07, 6.45) is 1.63. The molecule has 0 aliphatic heterocycles. The first-order valence-electron chi connectivity index (χ1n) is 4.67. The van der Waals surface area contributed by atoms with E-state index >= 15 is 0 Å². The van der Waals surface area contributed by atoms with E-state index in [4.69, 9.17) is 0 Å². The van der Waals surface area contributed by atoms with Gasteiger partial charge in [0.1, 0.15) is 5.65 Å². The summed E-state index contributed by atoms with van der Waals surface area (Å²) >= 11 is 0. The van der Waals surface area contributed by atoms with Gasteiger partial charge >= 0.3 is 0 Å². The van der Waals surface area contributed by atoms with Crippen molar-refractivity contribution in [1.82, 2.24) is 9.97 Å². The first-order valence-corrected chi connectivity index (χ1v) is 4.67. The van der Waals surface area contributed by atoms with E-state index in [2.05, 4.69) is 23.8 Å². The highest BCUT2D eigenvalue weighted by Gasteiger charge is 2.03. The molecule has 0 unspecified atom stereocenters. The second-order valence-corrected chi connectivity index (χ2v) is 3.63. The second kappa shape index (κ2) is 3.25. The van der Waals surface area contributed by atoms with E-state index in [9.17, 15) is 4.79 Å². The van der Waals surface area contributed by atoms with Crippen LogP contribution in [-0.4, -0.2) is 9.97 Å². The molecule has 2 rings (SSSR count). The fourth-order valence-electron chi connectivity index (χ4n) is 1.39. The van der Waals surface area contributed by atoms with Crippen LogP contribution in [0.1, 0.15) is 25.5 Å². The van der Waals surface area contributed by atoms with Gasteiger partial charge in [0, 0.05) is 18.0 Å². The summed E-state index contributed by atoms with van der Waals surface area (Å²) in [5, 5.41) is 0.650. The summed E-state index contributed by atoms with van der Waals surface area (Å²) in [5.41, 5.74) is 1.68. The van der Waals surface area contributed by atoms with Crippen LogP contribution in [0.2, 0.25) is 0 Å². The first kappa shape index (κ1) is 8.94. The maximum absolute atomic E-state index is 11.4. The van der Waals surface area contributed by atoms with Gasteiger partial charge in [-0.2, -0.15) is 0 Å². The number of nitrogens with zero attached hydrogens (tertiary/aromatic N) is 1. The molecule has 0 saturated carbocycles. The fraction of sp³-hybridized carbons (Fsp3) is 0.273. The molecule has 0 bridgehead atoms. The number of H-pyrrole nitrogens is 1. The third-order valence-corrected chi connectivity index (χ3v) is 2.23. The van der Waals surface area contributed by atoms with Crippen LogP contribution in [0.3, 0.4) is 0 Å². The number of fused-ring (bicyclic) bond motifs is 1. The highest BCUT2D eigenvalue weighted by molar-refractivity contribution is 5.74. The summed E-state index contributed by atoms with van der Waals surface area (Å²) in [5.74, 6) is 0.378. The van der Waals surface area contributed by atoms with Gasteiger partial charge in [0.05, 0.1) is 5.39 Å². The lowest BCUT2D eigenvalue weighted by Gasteiger charge is -2.04. The zero-order chi connectivity index (χ0) is 10.1. The molecule has 0 amide bonds. The highest BCUT2D eigenvalue weighted by atomic mass is 16.1. The third-order valence-electron chi connectivity index (χ3n) is 2.23. The van der Waals surface area contributed by atoms with Crippen LogP contribution in [0.25, 0.3) is 11.0 Å². The predicted molar refractivity (Wildman–Crippen MR) is 56.5 cm³/mol. The number of hydrogen-bond donors (Lipinski definition) is 1. The van der Waals surface area contributed by atoms with Gasteiger partial charge in [0.25, 0.3) is 0 Å². The molecule has 0 saturated heterocycles. The van der Waals surface area contributed by atoms with Crippen LogP contribution >= 0.6 is 0 Å². The Morgan fingerprint density at radius 2 is 2.07 bits per heavy atom. The SMILES string of the molecule is CC(C)c1ccc2c(=O)cc[nH]c2n1. The number of rotatable bonds is 1. The monoisotopic (exact) mass is 188 g/mol. The molecule has 0 radical (unpaired) electrons. The summed E-state index contributed by atoms with van der Waals surface area (Å²) in [4.78, 5) is 18.8. The molecule has 3 heteroatoms. The Morgan fingerprint density at radius 1 is 1.29 bits per heavy atom. The third kappa shape index (κ3) is 1.41. The van der Waals surface area contributed by atoms with Crippen molar-refractivity contribution in [2.75, 3.05) is 0 Å². The van der Waals surface area contributed by atoms with Crippen molar-refractivity contribution in [2.24, 2.45) is 0 Å². The van der Waals surface area contributed by atoms with Gasteiger partial charge in [0.2, 0.25) is 0 Å². The minimum absolute atomic E-state index is 0.0153. The average molecular weight is 188 g/mol. The van der Waals surface area contributed by atoms with Gasteiger partial charge in [-0.15, -0.1) is 0 Å². The molecule has 0 atom stereocenters. The van der Waals surface area contributed by atoms with Crippen LogP contribution in [-0.2, 0) is 0 Å². The Hall–Kier alpha value is -1.64. The van der Waals surface area contributed by atoms with Crippen molar-refractivity contribution < 1.29 is 0 Å². The second-order valence-electron chi connectivity index (χ2n) is 3.63. The summed E-state index contributed by atoms with van der Waals surface area (Å²) in [7, 11) is 0. The van der Waals surface area contributed by atoms with Crippen molar-refractivity contribution in [1.29, 1.82) is 0 Å². The Bertz CT molecular complexity index is 514. The molecule has 72 valence electrons. The molecule has 14 heavy (non-hydrogen) atoms. The quantitative estimate of drug-likeness (QED) is 0.744. The zero-order valence-electron chi connectivity index (χ0n) is 8.24. The van der Waals surface area contributed by atoms with Crippen LogP contribution in [0, 0.1) is 0 Å². The number of nitrogens with one attached hydrogen (secondary N) is 1. The van der Waals surface area contributed by atoms with Gasteiger partial charge < -0.3 is 4.98 Å². The molecule has 2 heterocycles. The van der Waals surface area contributed by atoms with E-state index < -0.39 is 0 Å². The molecule has 1 N–H and O–H groups in total. The molecule has 3 nitrogen and oxygen atoms in total. The van der Waals surface area contributed by atoms with Gasteiger partial charge in [0.15, 0.2) is 5.43 Å². The van der Waals surface area contributed by atoms with E-state index in [1.54, 1.807) is 6.20 Å². The van der Waals surface area contributed by atoms with Gasteiger partial charge in [-0.05, 0) is 18.1 Å². The molecule has 0 spiro atoms. The lowest BCUT2D eigenvalue weighted by atomic mass is 10.1. The van der Waals surface area contributed by atoms with Crippen molar-refractivity contribution in [3.63, 3.8) is 0 Å². The molecule has 0 aliphatic carbocycles. The van der Waals surface area contributed by atoms with E-state index in [0.29, 0.717) is 17.0 Å². The van der Waals surface area contributed by atoms with E-state index in [1.165, 1.54) is 6.07 Å². The minimum atomic E-state index is 0.0153. The van der Waals surface area contributed by atoms with Crippen molar-refractivity contribution >= 4 is 11.0 Å². The first-order chi connectivity index (χ1) is 6.68. The van der Waals surface area contributed by atoms with Crippen LogP contribution in [0.15, 0.2) is 29.2 Å². The zero-order valence-corrected chi connectivity index (χ0v) is 8.24. The van der Waals surface area contributed by atoms with Crippen LogP contribution in [0.4, 0.5) is 0 Å². The normalized spacial score (nSPS) is 11.1. The Morgan fingerprint density at radius 3 is 2.79 bits per heavy atom. The average Bonchev–Trinajstić information content (AvgIpc) is 2.17. The summed E-state index contributed by atoms with van der Waals surface area (Å²) in [6.45, 7) is 4.16. The van der Waals surface area contributed by atoms with Crippen LogP contribution < -0.4 is 5.43 Å². The predicted octanol–water partition coefficient (Wildman–Crippen LogP) is 2.05. The largest absolute Gasteiger partial charge is 0.346 e. The number of aromatic nitrogens is 2. The van der Waals surface area contributed by atoms with Crippen molar-refractivity contribution in [2.45, 2.75) is 19.8 Å². The Kier molecular flexibility index (Phi) is 2.08. The lowest BCUT2D eigenvalue weighted by molar-refractivity contribution is 0.827. The number of aromatic amines is 1. The maximum atomic E-state index is 11.4. The number of pyridine rings is 2. The molecular weight excluding hydrogens is 176 g/mol. The van der Waals surface area contributed by atoms with Crippen molar-refractivity contribution in [3.05, 3.63) is 40.3 Å². The number of hydrogen-bond acceptors (Lipinski definition) is 2. The standard InChI is InChI=1S/C11H12N2O/c1-7(2)9-4-3-8-10(14)5-6-12-11(8)13-9/h3-7H,1-2H3,(H,12,13,14). The fourth-order valence-corrected chi connectivity index (χ4v) is 1.39. The Balaban J connectivity index is 2.74. The minimum Gasteiger partial charge on any atom is -0.346 e. The topological polar surface area (TPSA) is 45.8 Å². The molecule has 2 aromatic heterocycles. The molecular formula is C11H12N2O. The van der Waals surface area contributed by atoms with Gasteiger partial charge in [-0.25, -0.2) is 4.98 Å². The van der Waals surface area contributed by atoms with Gasteiger partial charge in [-0.1, -0.05) is 13.8 Å². The molecule has 0 fully saturated rings. The molecule has 0 aromatic carbocycles. The van der Waals surface area contributed by atoms with E-state index in [0.717, 1.165) is 5.69 Å². The lowest BCUT2D eigenvalue weighted by Crippen LogP contribution is -2.03. The van der Waals surface area contributed by atoms with Crippen molar-refractivity contribution in [3.8, 4) is 0 Å². The molecule has 0 aliphatic rings. The maximum Gasteiger partial charge on any atom is 0.191 e.